The Morgan fingerprint density at radius 1 is 1.14 bits per heavy atom. The highest BCUT2D eigenvalue weighted by Gasteiger charge is 2.32. The van der Waals surface area contributed by atoms with Gasteiger partial charge in [-0.15, -0.1) is 0 Å². The van der Waals surface area contributed by atoms with Crippen molar-refractivity contribution in [3.8, 4) is 11.8 Å². The monoisotopic (exact) mass is 310 g/mol. The first-order chi connectivity index (χ1) is 9.95. The number of aromatic nitrogens is 1. The van der Waals surface area contributed by atoms with Crippen molar-refractivity contribution in [2.45, 2.75) is 6.18 Å². The van der Waals surface area contributed by atoms with Gasteiger partial charge in [0.05, 0.1) is 6.54 Å². The average Bonchev–Trinajstić information content (AvgIpc) is 2.45. The number of alkyl halides is 3. The summed E-state index contributed by atoms with van der Waals surface area (Å²) >= 11 is 5.75. The lowest BCUT2D eigenvalue weighted by atomic mass is 10.2. The molecule has 0 aliphatic rings. The quantitative estimate of drug-likeness (QED) is 0.840. The van der Waals surface area contributed by atoms with E-state index in [1.54, 1.807) is 24.3 Å². The first-order valence-electron chi connectivity index (χ1n) is 5.97. The Morgan fingerprint density at radius 3 is 2.52 bits per heavy atom. The molecule has 0 radical (unpaired) electrons. The standard InChI is InChI=1S/C15H10ClF3N2/c16-12-5-3-11(4-6-12)2-1-8-20-13-7-9-21-14(10-13)15(17,18)19/h3-7,9-10H,8H2,(H,20,21). The van der Waals surface area contributed by atoms with Gasteiger partial charge >= 0.3 is 6.18 Å². The summed E-state index contributed by atoms with van der Waals surface area (Å²) < 4.78 is 37.4. The van der Waals surface area contributed by atoms with Gasteiger partial charge in [0, 0.05) is 22.5 Å². The van der Waals surface area contributed by atoms with Crippen LogP contribution in [0, 0.1) is 11.8 Å². The summed E-state index contributed by atoms with van der Waals surface area (Å²) in [6.07, 6.45) is -3.34. The van der Waals surface area contributed by atoms with Gasteiger partial charge < -0.3 is 5.32 Å². The molecule has 2 aromatic rings. The molecule has 0 saturated carbocycles. The van der Waals surface area contributed by atoms with Gasteiger partial charge in [-0.3, -0.25) is 4.98 Å². The minimum Gasteiger partial charge on any atom is -0.374 e. The second kappa shape index (κ2) is 6.51. The summed E-state index contributed by atoms with van der Waals surface area (Å²) in [4.78, 5) is 3.28. The van der Waals surface area contributed by atoms with Crippen LogP contribution >= 0.6 is 11.6 Å². The van der Waals surface area contributed by atoms with Gasteiger partial charge in [0.25, 0.3) is 0 Å². The van der Waals surface area contributed by atoms with Crippen molar-refractivity contribution in [3.63, 3.8) is 0 Å². The lowest BCUT2D eigenvalue weighted by Crippen LogP contribution is -2.09. The van der Waals surface area contributed by atoms with E-state index in [0.29, 0.717) is 10.7 Å². The molecule has 6 heteroatoms. The molecule has 1 aromatic carbocycles. The van der Waals surface area contributed by atoms with Crippen LogP contribution in [0.5, 0.6) is 0 Å². The molecule has 0 aliphatic carbocycles. The van der Waals surface area contributed by atoms with E-state index >= 15 is 0 Å². The Hall–Kier alpha value is -2.19. The highest BCUT2D eigenvalue weighted by Crippen LogP contribution is 2.28. The maximum Gasteiger partial charge on any atom is 0.433 e. The van der Waals surface area contributed by atoms with Gasteiger partial charge in [0.1, 0.15) is 5.69 Å². The van der Waals surface area contributed by atoms with Crippen LogP contribution in [-0.2, 0) is 6.18 Å². The van der Waals surface area contributed by atoms with Crippen molar-refractivity contribution in [2.75, 3.05) is 11.9 Å². The number of hydrogen-bond acceptors (Lipinski definition) is 2. The molecular formula is C15H10ClF3N2. The molecular weight excluding hydrogens is 301 g/mol. The number of anilines is 1. The van der Waals surface area contributed by atoms with Crippen molar-refractivity contribution in [3.05, 3.63) is 58.9 Å². The highest BCUT2D eigenvalue weighted by molar-refractivity contribution is 6.30. The lowest BCUT2D eigenvalue weighted by Gasteiger charge is -2.07. The summed E-state index contributed by atoms with van der Waals surface area (Å²) in [6, 6.07) is 9.38. The summed E-state index contributed by atoms with van der Waals surface area (Å²) in [5, 5.41) is 3.42. The first kappa shape index (κ1) is 15.2. The smallest absolute Gasteiger partial charge is 0.374 e. The van der Waals surface area contributed by atoms with Crippen LogP contribution in [0.4, 0.5) is 18.9 Å². The van der Waals surface area contributed by atoms with Gasteiger partial charge in [0.15, 0.2) is 0 Å². The van der Waals surface area contributed by atoms with Crippen LogP contribution in [0.3, 0.4) is 0 Å². The van der Waals surface area contributed by atoms with Crippen molar-refractivity contribution in [1.82, 2.24) is 4.98 Å². The molecule has 108 valence electrons. The van der Waals surface area contributed by atoms with E-state index in [2.05, 4.69) is 22.1 Å². The Bertz CT molecular complexity index is 670. The molecule has 0 aliphatic heterocycles. The Morgan fingerprint density at radius 2 is 1.86 bits per heavy atom. The molecule has 0 bridgehead atoms. The van der Waals surface area contributed by atoms with Crippen molar-refractivity contribution >= 4 is 17.3 Å². The predicted octanol–water partition coefficient (Wildman–Crippen LogP) is 4.22. The van der Waals surface area contributed by atoms with E-state index in [1.165, 1.54) is 6.07 Å². The normalized spacial score (nSPS) is 10.7. The average molecular weight is 311 g/mol. The van der Waals surface area contributed by atoms with Crippen molar-refractivity contribution < 1.29 is 13.2 Å². The number of nitrogens with zero attached hydrogens (tertiary/aromatic N) is 1. The second-order valence-corrected chi connectivity index (χ2v) is 4.53. The summed E-state index contributed by atoms with van der Waals surface area (Å²) in [7, 11) is 0. The Labute approximate surface area is 125 Å². The van der Waals surface area contributed by atoms with Gasteiger partial charge in [-0.05, 0) is 36.4 Å². The molecule has 0 amide bonds. The highest BCUT2D eigenvalue weighted by atomic mass is 35.5. The number of rotatable bonds is 2. The van der Waals surface area contributed by atoms with Crippen LogP contribution in [0.15, 0.2) is 42.6 Å². The largest absolute Gasteiger partial charge is 0.433 e. The van der Waals surface area contributed by atoms with Gasteiger partial charge in [-0.2, -0.15) is 13.2 Å². The topological polar surface area (TPSA) is 24.9 Å². The number of pyridine rings is 1. The number of benzene rings is 1. The maximum atomic E-state index is 12.5. The van der Waals surface area contributed by atoms with Crippen LogP contribution in [-0.4, -0.2) is 11.5 Å². The maximum absolute atomic E-state index is 12.5. The Balaban J connectivity index is 1.97. The number of nitrogens with one attached hydrogen (secondary N) is 1. The second-order valence-electron chi connectivity index (χ2n) is 4.09. The number of halogens is 4. The van der Waals surface area contributed by atoms with Crippen molar-refractivity contribution in [1.29, 1.82) is 0 Å². The van der Waals surface area contributed by atoms with Gasteiger partial charge in [0.2, 0.25) is 0 Å². The summed E-state index contributed by atoms with van der Waals surface area (Å²) in [5.41, 5.74) is 0.174. The molecule has 0 fully saturated rings. The third-order valence-corrected chi connectivity index (χ3v) is 2.76. The molecule has 0 atom stereocenters. The third kappa shape index (κ3) is 4.69. The van der Waals surface area contributed by atoms with Crippen LogP contribution in [0.25, 0.3) is 0 Å². The molecule has 0 saturated heterocycles. The zero-order chi connectivity index (χ0) is 15.3. The number of hydrogen-bond donors (Lipinski definition) is 1. The predicted molar refractivity (Wildman–Crippen MR) is 76.1 cm³/mol. The third-order valence-electron chi connectivity index (χ3n) is 2.51. The Kier molecular flexibility index (Phi) is 4.71. The van der Waals surface area contributed by atoms with E-state index in [-0.39, 0.29) is 6.54 Å². The van der Waals surface area contributed by atoms with E-state index in [0.717, 1.165) is 17.8 Å². The summed E-state index contributed by atoms with van der Waals surface area (Å²) in [5.74, 6) is 5.70. The van der Waals surface area contributed by atoms with Crippen molar-refractivity contribution in [2.24, 2.45) is 0 Å². The first-order valence-corrected chi connectivity index (χ1v) is 6.34. The fraction of sp³-hybridized carbons (Fsp3) is 0.133. The molecule has 0 spiro atoms. The fourth-order valence-electron chi connectivity index (χ4n) is 1.52. The molecule has 1 heterocycles. The lowest BCUT2D eigenvalue weighted by molar-refractivity contribution is -0.141. The molecule has 21 heavy (non-hydrogen) atoms. The minimum absolute atomic E-state index is 0.226. The van der Waals surface area contributed by atoms with Crippen LogP contribution in [0.1, 0.15) is 11.3 Å². The van der Waals surface area contributed by atoms with Crippen LogP contribution in [0.2, 0.25) is 5.02 Å². The SMILES string of the molecule is FC(F)(F)c1cc(NCC#Cc2ccc(Cl)cc2)ccn1. The molecule has 2 nitrogen and oxygen atoms in total. The van der Waals surface area contributed by atoms with Gasteiger partial charge in [-0.25, -0.2) is 0 Å². The minimum atomic E-state index is -4.45. The van der Waals surface area contributed by atoms with E-state index in [9.17, 15) is 13.2 Å². The van der Waals surface area contributed by atoms with E-state index < -0.39 is 11.9 Å². The van der Waals surface area contributed by atoms with E-state index in [4.69, 9.17) is 11.6 Å². The van der Waals surface area contributed by atoms with E-state index in [1.807, 2.05) is 0 Å². The summed E-state index contributed by atoms with van der Waals surface area (Å²) in [6.45, 7) is 0.226. The molecule has 1 N–H and O–H groups in total. The molecule has 1 aromatic heterocycles. The molecule has 2 rings (SSSR count). The zero-order valence-electron chi connectivity index (χ0n) is 10.7. The van der Waals surface area contributed by atoms with Crippen LogP contribution < -0.4 is 5.32 Å². The zero-order valence-corrected chi connectivity index (χ0v) is 11.5. The van der Waals surface area contributed by atoms with Gasteiger partial charge in [-0.1, -0.05) is 23.4 Å². The fourth-order valence-corrected chi connectivity index (χ4v) is 1.65. The molecule has 0 unspecified atom stereocenters.